The highest BCUT2D eigenvalue weighted by Gasteiger charge is 2.29. The maximum Gasteiger partial charge on any atom is 0.253 e. The number of nitrogens with one attached hydrogen (secondary N) is 1. The van der Waals surface area contributed by atoms with E-state index in [4.69, 9.17) is 23.2 Å². The third-order valence-electron chi connectivity index (χ3n) is 4.93. The van der Waals surface area contributed by atoms with Crippen LogP contribution >= 0.6 is 23.2 Å². The molecule has 4 rings (SSSR count). The monoisotopic (exact) mass is 416 g/mol. The lowest BCUT2D eigenvalue weighted by Crippen LogP contribution is -2.44. The van der Waals surface area contributed by atoms with Crippen LogP contribution in [0, 0.1) is 5.92 Å². The minimum atomic E-state index is -0.290. The molecule has 28 heavy (non-hydrogen) atoms. The zero-order valence-electron chi connectivity index (χ0n) is 14.9. The number of carbonyl (C=O) groups excluding carboxylic acids is 2. The first-order valence-corrected chi connectivity index (χ1v) is 9.76. The molecule has 6 nitrogen and oxygen atoms in total. The van der Waals surface area contributed by atoms with Gasteiger partial charge in [-0.1, -0.05) is 35.3 Å². The molecule has 1 atom stereocenters. The van der Waals surface area contributed by atoms with Crippen molar-refractivity contribution in [2.45, 2.75) is 12.8 Å². The summed E-state index contributed by atoms with van der Waals surface area (Å²) in [5.74, 6) is -0.569. The average molecular weight is 417 g/mol. The summed E-state index contributed by atoms with van der Waals surface area (Å²) >= 11 is 12.0. The van der Waals surface area contributed by atoms with E-state index in [0.29, 0.717) is 28.7 Å². The van der Waals surface area contributed by atoms with Gasteiger partial charge < -0.3 is 4.90 Å². The topological polar surface area (TPSA) is 67.2 Å². The summed E-state index contributed by atoms with van der Waals surface area (Å²) in [5, 5.41) is 0.743. The van der Waals surface area contributed by atoms with Gasteiger partial charge in [0.15, 0.2) is 0 Å². The molecule has 1 aliphatic heterocycles. The van der Waals surface area contributed by atoms with Crippen LogP contribution in [0.2, 0.25) is 10.0 Å². The van der Waals surface area contributed by atoms with Crippen LogP contribution in [-0.2, 0) is 4.79 Å². The molecule has 1 aliphatic rings. The Kier molecular flexibility index (Phi) is 5.24. The van der Waals surface area contributed by atoms with Crippen LogP contribution in [-0.4, -0.2) is 39.5 Å². The van der Waals surface area contributed by atoms with Gasteiger partial charge in [0, 0.05) is 18.7 Å². The minimum Gasteiger partial charge on any atom is -0.338 e. The molecule has 0 unspecified atom stereocenters. The molecule has 2 aromatic carbocycles. The van der Waals surface area contributed by atoms with Crippen molar-refractivity contribution in [3.8, 4) is 0 Å². The van der Waals surface area contributed by atoms with E-state index in [1.165, 1.54) is 0 Å². The summed E-state index contributed by atoms with van der Waals surface area (Å²) in [5.41, 5.74) is 5.00. The fourth-order valence-electron chi connectivity index (χ4n) is 3.45. The summed E-state index contributed by atoms with van der Waals surface area (Å²) in [6, 6.07) is 12.4. The Morgan fingerprint density at radius 3 is 2.75 bits per heavy atom. The molecule has 0 aliphatic carbocycles. The van der Waals surface area contributed by atoms with E-state index in [1.54, 1.807) is 34.1 Å². The molecule has 1 aromatic heterocycles. The summed E-state index contributed by atoms with van der Waals surface area (Å²) in [6.07, 6.45) is 3.07. The normalized spacial score (nSPS) is 16.9. The molecule has 1 fully saturated rings. The van der Waals surface area contributed by atoms with Crippen LogP contribution in [0.1, 0.15) is 23.2 Å². The van der Waals surface area contributed by atoms with E-state index in [-0.39, 0.29) is 17.7 Å². The SMILES string of the molecule is O=C(Nn1cnc2ccccc21)[C@H]1CCCN(C(=O)c2ccc(Cl)c(Cl)c2)C1. The Bertz CT molecular complexity index is 1050. The van der Waals surface area contributed by atoms with Gasteiger partial charge in [0.25, 0.3) is 5.91 Å². The third-order valence-corrected chi connectivity index (χ3v) is 5.67. The molecule has 0 radical (unpaired) electrons. The van der Waals surface area contributed by atoms with Gasteiger partial charge in [-0.15, -0.1) is 0 Å². The van der Waals surface area contributed by atoms with Crippen LogP contribution in [0.15, 0.2) is 48.8 Å². The highest BCUT2D eigenvalue weighted by atomic mass is 35.5. The predicted molar refractivity (Wildman–Crippen MR) is 109 cm³/mol. The molecule has 0 saturated carbocycles. The lowest BCUT2D eigenvalue weighted by molar-refractivity contribution is -0.122. The number of para-hydroxylation sites is 2. The molecule has 0 bridgehead atoms. The van der Waals surface area contributed by atoms with Gasteiger partial charge in [-0.25, -0.2) is 9.66 Å². The van der Waals surface area contributed by atoms with Crippen LogP contribution in [0.25, 0.3) is 11.0 Å². The maximum atomic E-state index is 12.8. The average Bonchev–Trinajstić information content (AvgIpc) is 3.12. The van der Waals surface area contributed by atoms with Crippen molar-refractivity contribution in [1.29, 1.82) is 0 Å². The first-order valence-electron chi connectivity index (χ1n) is 9.00. The molecule has 1 saturated heterocycles. The van der Waals surface area contributed by atoms with E-state index in [2.05, 4.69) is 10.4 Å². The first-order chi connectivity index (χ1) is 13.5. The van der Waals surface area contributed by atoms with Crippen molar-refractivity contribution in [3.63, 3.8) is 0 Å². The largest absolute Gasteiger partial charge is 0.338 e. The number of fused-ring (bicyclic) bond motifs is 1. The molecule has 1 N–H and O–H groups in total. The predicted octanol–water partition coefficient (Wildman–Crippen LogP) is 3.97. The third kappa shape index (κ3) is 3.70. The number of piperidine rings is 1. The van der Waals surface area contributed by atoms with Gasteiger partial charge in [-0.2, -0.15) is 0 Å². The molecule has 8 heteroatoms. The number of hydrogen-bond acceptors (Lipinski definition) is 3. The number of amides is 2. The fourth-order valence-corrected chi connectivity index (χ4v) is 3.74. The number of likely N-dealkylation sites (tertiary alicyclic amines) is 1. The number of carbonyl (C=O) groups is 2. The number of hydrogen-bond donors (Lipinski definition) is 1. The van der Waals surface area contributed by atoms with Gasteiger partial charge in [0.05, 0.1) is 27.0 Å². The highest BCUT2D eigenvalue weighted by molar-refractivity contribution is 6.42. The van der Waals surface area contributed by atoms with Crippen LogP contribution in [0.4, 0.5) is 0 Å². The quantitative estimate of drug-likeness (QED) is 0.702. The van der Waals surface area contributed by atoms with E-state index in [9.17, 15) is 9.59 Å². The number of benzene rings is 2. The summed E-state index contributed by atoms with van der Waals surface area (Å²) in [6.45, 7) is 0.967. The van der Waals surface area contributed by atoms with Crippen molar-refractivity contribution in [2.24, 2.45) is 5.92 Å². The molecule has 3 aromatic rings. The minimum absolute atomic E-state index is 0.130. The van der Waals surface area contributed by atoms with E-state index < -0.39 is 0 Å². The molecular weight excluding hydrogens is 399 g/mol. The van der Waals surface area contributed by atoms with Crippen molar-refractivity contribution in [2.75, 3.05) is 18.5 Å². The van der Waals surface area contributed by atoms with Gasteiger partial charge >= 0.3 is 0 Å². The van der Waals surface area contributed by atoms with Gasteiger partial charge in [0.1, 0.15) is 6.33 Å². The second kappa shape index (κ2) is 7.81. The van der Waals surface area contributed by atoms with E-state index in [0.717, 1.165) is 23.9 Å². The van der Waals surface area contributed by atoms with Gasteiger partial charge in [0.2, 0.25) is 5.91 Å². The van der Waals surface area contributed by atoms with Gasteiger partial charge in [-0.3, -0.25) is 15.0 Å². The smallest absolute Gasteiger partial charge is 0.253 e. The Hall–Kier alpha value is -2.57. The Morgan fingerprint density at radius 2 is 1.93 bits per heavy atom. The number of nitrogens with zero attached hydrogens (tertiary/aromatic N) is 3. The van der Waals surface area contributed by atoms with Gasteiger partial charge in [-0.05, 0) is 43.2 Å². The number of imidazole rings is 1. The Labute approximate surface area is 172 Å². The van der Waals surface area contributed by atoms with E-state index >= 15 is 0 Å². The Balaban J connectivity index is 1.46. The molecule has 144 valence electrons. The summed E-state index contributed by atoms with van der Waals surface area (Å²) in [7, 11) is 0. The zero-order valence-corrected chi connectivity index (χ0v) is 16.5. The van der Waals surface area contributed by atoms with Crippen molar-refractivity contribution in [3.05, 3.63) is 64.4 Å². The zero-order chi connectivity index (χ0) is 19.7. The van der Waals surface area contributed by atoms with Crippen molar-refractivity contribution < 1.29 is 9.59 Å². The second-order valence-electron chi connectivity index (χ2n) is 6.80. The lowest BCUT2D eigenvalue weighted by atomic mass is 9.96. The van der Waals surface area contributed by atoms with Crippen molar-refractivity contribution in [1.82, 2.24) is 14.6 Å². The molecular formula is C20H18Cl2N4O2. The lowest BCUT2D eigenvalue weighted by Gasteiger charge is -2.32. The number of aromatic nitrogens is 2. The van der Waals surface area contributed by atoms with Crippen LogP contribution in [0.3, 0.4) is 0 Å². The van der Waals surface area contributed by atoms with Crippen LogP contribution < -0.4 is 5.43 Å². The number of halogens is 2. The molecule has 0 spiro atoms. The number of rotatable bonds is 3. The molecule has 2 heterocycles. The second-order valence-corrected chi connectivity index (χ2v) is 7.61. The highest BCUT2D eigenvalue weighted by Crippen LogP contribution is 2.25. The first kappa shape index (κ1) is 18.8. The van der Waals surface area contributed by atoms with Crippen LogP contribution in [0.5, 0.6) is 0 Å². The summed E-state index contributed by atoms with van der Waals surface area (Å²) < 4.78 is 1.62. The molecule has 2 amide bonds. The standard InChI is InChI=1S/C20H18Cl2N4O2/c21-15-8-7-13(10-16(15)22)20(28)25-9-3-4-14(11-25)19(27)24-26-12-23-17-5-1-2-6-18(17)26/h1-2,5-8,10,12,14H,3-4,9,11H2,(H,24,27)/t14-/m0/s1. The Morgan fingerprint density at radius 1 is 1.11 bits per heavy atom. The fraction of sp³-hybridized carbons (Fsp3) is 0.250. The maximum absolute atomic E-state index is 12.8. The summed E-state index contributed by atoms with van der Waals surface area (Å²) in [4.78, 5) is 31.5. The van der Waals surface area contributed by atoms with E-state index in [1.807, 2.05) is 24.3 Å². The van der Waals surface area contributed by atoms with Crippen molar-refractivity contribution >= 4 is 46.0 Å².